The van der Waals surface area contributed by atoms with Gasteiger partial charge in [-0.3, -0.25) is 4.99 Å². The van der Waals surface area contributed by atoms with Crippen LogP contribution in [0.3, 0.4) is 0 Å². The van der Waals surface area contributed by atoms with Crippen molar-refractivity contribution in [1.82, 2.24) is 9.80 Å². The summed E-state index contributed by atoms with van der Waals surface area (Å²) in [6.45, 7) is 3.16. The average Bonchev–Trinajstić information content (AvgIpc) is 3.17. The Morgan fingerprint density at radius 3 is 2.50 bits per heavy atom. The number of hydrogen-bond acceptors (Lipinski definition) is 6. The van der Waals surface area contributed by atoms with Gasteiger partial charge >= 0.3 is 5.97 Å². The number of benzene rings is 1. The van der Waals surface area contributed by atoms with Gasteiger partial charge in [0, 0.05) is 23.4 Å². The van der Waals surface area contributed by atoms with Crippen molar-refractivity contribution in [3.05, 3.63) is 34.9 Å². The van der Waals surface area contributed by atoms with Gasteiger partial charge in [-0.1, -0.05) is 49.9 Å². The van der Waals surface area contributed by atoms with Crippen LogP contribution < -0.4 is 0 Å². The Bertz CT molecular complexity index is 811. The van der Waals surface area contributed by atoms with E-state index < -0.39 is 5.54 Å². The summed E-state index contributed by atoms with van der Waals surface area (Å²) < 4.78 is 5.29. The second-order valence-corrected chi connectivity index (χ2v) is 11.5. The highest BCUT2D eigenvalue weighted by molar-refractivity contribution is 7.98. The lowest BCUT2D eigenvalue weighted by molar-refractivity contribution is -0.147. The number of halogens is 1. The molecular weight excluding hydrogens is 466 g/mol. The summed E-state index contributed by atoms with van der Waals surface area (Å²) in [4.78, 5) is 22.5. The number of unbranched alkanes of at least 4 members (excludes halogenated alkanes) is 1. The number of thioether (sulfide) groups is 1. The topological polar surface area (TPSA) is 45.1 Å². The Balaban J connectivity index is 1.71. The first-order valence-electron chi connectivity index (χ1n) is 12.7. The number of carbonyl (C=O) groups excluding carboxylic acids is 1. The molecule has 3 atom stereocenters. The maximum Gasteiger partial charge on any atom is 0.336 e. The molecule has 0 bridgehead atoms. The molecule has 7 heteroatoms. The zero-order valence-electron chi connectivity index (χ0n) is 21.5. The monoisotopic (exact) mass is 507 g/mol. The van der Waals surface area contributed by atoms with E-state index in [1.807, 2.05) is 18.5 Å². The quantitative estimate of drug-likeness (QED) is 0.347. The zero-order chi connectivity index (χ0) is 24.7. The van der Waals surface area contributed by atoms with E-state index in [2.05, 4.69) is 49.2 Å². The number of carbonyl (C=O) groups is 1. The molecule has 3 unspecified atom stereocenters. The molecule has 1 heterocycles. The SMILES string of the molecule is CCCCN1C=NC(CSC)(C(=O)OC)C1CC1CCC(C(c2ccc(Cl)cc2)N(C)C)CC1. The van der Waals surface area contributed by atoms with Crippen LogP contribution in [0.1, 0.15) is 63.5 Å². The van der Waals surface area contributed by atoms with Crippen molar-refractivity contribution in [3.8, 4) is 0 Å². The molecule has 0 spiro atoms. The molecule has 5 nitrogen and oxygen atoms in total. The fourth-order valence-corrected chi connectivity index (χ4v) is 6.94. The van der Waals surface area contributed by atoms with E-state index in [4.69, 9.17) is 21.3 Å². The molecule has 1 fully saturated rings. The standard InChI is InChI=1S/C27H42ClN3O2S/c1-6-7-16-31-19-29-27(18-34-5,26(32)33-4)24(31)17-20-8-10-21(11-9-20)25(30(2)3)22-12-14-23(28)15-13-22/h12-15,19-21,24-25H,6-11,16-18H2,1-5H3. The van der Waals surface area contributed by atoms with Crippen LogP contribution in [0.5, 0.6) is 0 Å². The maximum absolute atomic E-state index is 13.0. The minimum Gasteiger partial charge on any atom is -0.467 e. The van der Waals surface area contributed by atoms with Crippen molar-refractivity contribution in [2.75, 3.05) is 39.8 Å². The summed E-state index contributed by atoms with van der Waals surface area (Å²) in [5.41, 5.74) is 0.561. The van der Waals surface area contributed by atoms with Crippen molar-refractivity contribution < 1.29 is 9.53 Å². The highest BCUT2D eigenvalue weighted by Gasteiger charge is 2.52. The normalized spacial score (nSPS) is 27.9. The van der Waals surface area contributed by atoms with E-state index in [1.165, 1.54) is 38.4 Å². The number of nitrogens with zero attached hydrogens (tertiary/aromatic N) is 3. The second-order valence-electron chi connectivity index (χ2n) is 10.2. The second kappa shape index (κ2) is 12.6. The Labute approximate surface area is 215 Å². The molecule has 1 aliphatic carbocycles. The number of rotatable bonds is 11. The first-order chi connectivity index (χ1) is 16.4. The highest BCUT2D eigenvalue weighted by atomic mass is 35.5. The van der Waals surface area contributed by atoms with Gasteiger partial charge in [-0.25, -0.2) is 4.79 Å². The van der Waals surface area contributed by atoms with Gasteiger partial charge in [-0.2, -0.15) is 11.8 Å². The van der Waals surface area contributed by atoms with Crippen molar-refractivity contribution >= 4 is 35.7 Å². The number of aliphatic imine (C=N–C) groups is 1. The van der Waals surface area contributed by atoms with Crippen molar-refractivity contribution in [3.63, 3.8) is 0 Å². The van der Waals surface area contributed by atoms with E-state index >= 15 is 0 Å². The highest BCUT2D eigenvalue weighted by Crippen LogP contribution is 2.43. The molecule has 34 heavy (non-hydrogen) atoms. The van der Waals surface area contributed by atoms with Crippen molar-refractivity contribution in [2.24, 2.45) is 16.8 Å². The van der Waals surface area contributed by atoms with Gasteiger partial charge in [0.15, 0.2) is 5.54 Å². The summed E-state index contributed by atoms with van der Waals surface area (Å²) in [6, 6.07) is 8.84. The average molecular weight is 508 g/mol. The molecule has 0 N–H and O–H groups in total. The third-order valence-corrected chi connectivity index (χ3v) is 8.70. The number of methoxy groups -OCH3 is 1. The smallest absolute Gasteiger partial charge is 0.336 e. The third-order valence-electron chi connectivity index (χ3n) is 7.72. The van der Waals surface area contributed by atoms with Crippen LogP contribution in [0.15, 0.2) is 29.3 Å². The Morgan fingerprint density at radius 1 is 1.26 bits per heavy atom. The predicted molar refractivity (Wildman–Crippen MR) is 145 cm³/mol. The summed E-state index contributed by atoms with van der Waals surface area (Å²) in [7, 11) is 5.86. The van der Waals surface area contributed by atoms with E-state index in [0.717, 1.165) is 30.8 Å². The molecular formula is C27H42ClN3O2S. The molecule has 1 aliphatic heterocycles. The third kappa shape index (κ3) is 6.11. The Kier molecular flexibility index (Phi) is 10.2. The van der Waals surface area contributed by atoms with Crippen LogP contribution in [0.4, 0.5) is 0 Å². The molecule has 1 aromatic rings. The van der Waals surface area contributed by atoms with E-state index in [0.29, 0.717) is 23.6 Å². The van der Waals surface area contributed by atoms with Gasteiger partial charge < -0.3 is 14.5 Å². The zero-order valence-corrected chi connectivity index (χ0v) is 23.1. The van der Waals surface area contributed by atoms with E-state index in [9.17, 15) is 4.79 Å². The number of hydrogen-bond donors (Lipinski definition) is 0. The molecule has 3 rings (SSSR count). The molecule has 2 aliphatic rings. The van der Waals surface area contributed by atoms with Crippen LogP contribution in [0, 0.1) is 11.8 Å². The van der Waals surface area contributed by atoms with E-state index in [1.54, 1.807) is 11.8 Å². The number of esters is 1. The summed E-state index contributed by atoms with van der Waals surface area (Å²) in [5.74, 6) is 1.70. The minimum atomic E-state index is -0.783. The minimum absolute atomic E-state index is 0.0846. The van der Waals surface area contributed by atoms with Gasteiger partial charge in [0.25, 0.3) is 0 Å². The molecule has 0 aromatic heterocycles. The van der Waals surface area contributed by atoms with Crippen molar-refractivity contribution in [2.45, 2.75) is 69.5 Å². The summed E-state index contributed by atoms with van der Waals surface area (Å²) in [6.07, 6.45) is 12.0. The van der Waals surface area contributed by atoms with Gasteiger partial charge in [0.2, 0.25) is 0 Å². The molecule has 0 radical (unpaired) electrons. The fourth-order valence-electron chi connectivity index (χ4n) is 5.99. The largest absolute Gasteiger partial charge is 0.467 e. The van der Waals surface area contributed by atoms with Gasteiger partial charge in [0.1, 0.15) is 0 Å². The lowest BCUT2D eigenvalue weighted by Crippen LogP contribution is -2.54. The predicted octanol–water partition coefficient (Wildman–Crippen LogP) is 5.93. The van der Waals surface area contributed by atoms with Gasteiger partial charge in [-0.15, -0.1) is 0 Å². The summed E-state index contributed by atoms with van der Waals surface area (Å²) in [5, 5.41) is 0.788. The molecule has 1 saturated carbocycles. The Hall–Kier alpha value is -1.24. The Morgan fingerprint density at radius 2 is 1.94 bits per heavy atom. The molecule has 1 aromatic carbocycles. The number of ether oxygens (including phenoxy) is 1. The lowest BCUT2D eigenvalue weighted by atomic mass is 9.73. The van der Waals surface area contributed by atoms with Gasteiger partial charge in [0.05, 0.1) is 19.5 Å². The van der Waals surface area contributed by atoms with Crippen molar-refractivity contribution in [1.29, 1.82) is 0 Å². The first kappa shape index (κ1) is 27.3. The van der Waals surface area contributed by atoms with Crippen LogP contribution in [0.2, 0.25) is 5.02 Å². The lowest BCUT2D eigenvalue weighted by Gasteiger charge is -2.41. The van der Waals surface area contributed by atoms with Crippen LogP contribution in [-0.4, -0.2) is 73.4 Å². The van der Waals surface area contributed by atoms with Crippen LogP contribution in [0.25, 0.3) is 0 Å². The van der Waals surface area contributed by atoms with Crippen LogP contribution in [-0.2, 0) is 9.53 Å². The molecule has 0 amide bonds. The maximum atomic E-state index is 13.0. The molecule has 0 saturated heterocycles. The fraction of sp³-hybridized carbons (Fsp3) is 0.704. The first-order valence-corrected chi connectivity index (χ1v) is 14.4. The summed E-state index contributed by atoms with van der Waals surface area (Å²) >= 11 is 7.82. The molecule has 190 valence electrons. The van der Waals surface area contributed by atoms with E-state index in [-0.39, 0.29) is 12.0 Å². The van der Waals surface area contributed by atoms with Crippen LogP contribution >= 0.6 is 23.4 Å². The van der Waals surface area contributed by atoms with Gasteiger partial charge in [-0.05, 0) is 75.6 Å².